The summed E-state index contributed by atoms with van der Waals surface area (Å²) in [6.45, 7) is 0. The zero-order valence-electron chi connectivity index (χ0n) is 18.6. The number of nitrogens with zero attached hydrogens (tertiary/aromatic N) is 4. The summed E-state index contributed by atoms with van der Waals surface area (Å²) in [5, 5.41) is 37.6. The fraction of sp³-hybridized carbons (Fsp3) is 0. The number of phenolic OH excluding ortho intramolecular Hbond substituents is 1. The number of nitro benzene ring substituents is 2. The van der Waals surface area contributed by atoms with Crippen molar-refractivity contribution in [2.75, 3.05) is 10.9 Å². The van der Waals surface area contributed by atoms with Gasteiger partial charge in [-0.25, -0.2) is 0 Å². The minimum Gasteiger partial charge on any atom is -0.504 e. The number of rotatable bonds is 8. The quantitative estimate of drug-likeness (QED) is 0.0932. The van der Waals surface area contributed by atoms with Crippen LogP contribution in [0.5, 0.6) is 5.75 Å². The van der Waals surface area contributed by atoms with Crippen LogP contribution in [0.15, 0.2) is 72.0 Å². The van der Waals surface area contributed by atoms with Crippen LogP contribution in [0, 0.1) is 20.2 Å². The highest BCUT2D eigenvalue weighted by atomic mass is 32.2. The molecule has 0 atom stereocenters. The van der Waals surface area contributed by atoms with Crippen LogP contribution in [-0.2, 0) is 20.2 Å². The Bertz CT molecular complexity index is 1980. The number of anilines is 2. The van der Waals surface area contributed by atoms with E-state index >= 15 is 0 Å². The van der Waals surface area contributed by atoms with Crippen LogP contribution in [0.2, 0.25) is 0 Å². The van der Waals surface area contributed by atoms with Crippen molar-refractivity contribution in [1.29, 1.82) is 0 Å². The van der Waals surface area contributed by atoms with E-state index in [1.165, 1.54) is 0 Å². The van der Waals surface area contributed by atoms with Crippen LogP contribution in [0.1, 0.15) is 0 Å². The second-order valence-electron chi connectivity index (χ2n) is 7.19. The summed E-state index contributed by atoms with van der Waals surface area (Å²) in [6, 6.07) is 4.77. The van der Waals surface area contributed by atoms with Crippen molar-refractivity contribution in [1.82, 2.24) is 0 Å². The molecule has 0 amide bonds. The maximum atomic E-state index is 12.7. The largest absolute Gasteiger partial charge is 0.504 e. The average Bonchev–Trinajstić information content (AvgIpc) is 2.82. The lowest BCUT2D eigenvalue weighted by Crippen LogP contribution is -2.48. The smallest absolute Gasteiger partial charge is 0.298 e. The number of non-ortho nitro benzene ring substituents is 2. The van der Waals surface area contributed by atoms with Crippen molar-refractivity contribution in [2.24, 2.45) is 10.2 Å². The van der Waals surface area contributed by atoms with Gasteiger partial charge in [-0.1, -0.05) is 0 Å². The molecule has 5 N–H and O–H groups in total. The highest BCUT2D eigenvalue weighted by Crippen LogP contribution is 2.35. The molecule has 3 aromatic rings. The Balaban J connectivity index is 2.12. The molecule has 0 heterocycles. The Morgan fingerprint density at radius 1 is 0.744 bits per heavy atom. The lowest BCUT2D eigenvalue weighted by Gasteiger charge is -2.07. The molecule has 0 aliphatic rings. The minimum atomic E-state index is -5.13. The first-order valence-corrected chi connectivity index (χ1v) is 12.6. The molecule has 0 unspecified atom stereocenters. The molecule has 19 nitrogen and oxygen atoms in total. The van der Waals surface area contributed by atoms with E-state index in [0.717, 1.165) is 24.3 Å². The third-order valence-electron chi connectivity index (χ3n) is 4.66. The van der Waals surface area contributed by atoms with Crippen LogP contribution in [0.3, 0.4) is 0 Å². The number of hydrogen-bond donors (Lipinski definition) is 5. The number of aromatic hydroxyl groups is 1. The molecule has 0 radical (unpaired) electrons. The van der Waals surface area contributed by atoms with Crippen LogP contribution < -0.4 is 32.4 Å². The van der Waals surface area contributed by atoms with Gasteiger partial charge in [-0.2, -0.15) is 27.0 Å². The lowest BCUT2D eigenvalue weighted by atomic mass is 10.2. The van der Waals surface area contributed by atoms with Crippen LogP contribution in [0.4, 0.5) is 22.7 Å². The first-order chi connectivity index (χ1) is 18.0. The van der Waals surface area contributed by atoms with Gasteiger partial charge in [0.1, 0.15) is 20.8 Å². The number of hydrogen-bond acceptors (Lipinski definition) is 15. The third kappa shape index (κ3) is 6.24. The van der Waals surface area contributed by atoms with Gasteiger partial charge in [0, 0.05) is 24.3 Å². The van der Waals surface area contributed by atoms with Crippen LogP contribution in [-0.4, -0.2) is 40.9 Å². The second kappa shape index (κ2) is 10.3. The summed E-state index contributed by atoms with van der Waals surface area (Å²) < 4.78 is 64.7. The highest BCUT2D eigenvalue weighted by Gasteiger charge is 2.24. The normalized spacial score (nSPS) is 12.8. The van der Waals surface area contributed by atoms with E-state index in [1.54, 1.807) is 0 Å². The van der Waals surface area contributed by atoms with Gasteiger partial charge in [-0.15, -0.1) is 0 Å². The number of nitro groups is 2. The van der Waals surface area contributed by atoms with Crippen molar-refractivity contribution >= 4 is 43.0 Å². The average molecular weight is 584 g/mol. The summed E-state index contributed by atoms with van der Waals surface area (Å²) in [4.78, 5) is 42.6. The van der Waals surface area contributed by atoms with Crippen molar-refractivity contribution in [3.8, 4) is 5.75 Å². The Kier molecular flexibility index (Phi) is 7.54. The van der Waals surface area contributed by atoms with E-state index in [1.807, 2.05) is 10.9 Å². The Hall–Kier alpha value is -5.12. The third-order valence-corrected chi connectivity index (χ3v) is 6.42. The van der Waals surface area contributed by atoms with E-state index in [4.69, 9.17) is 0 Å². The van der Waals surface area contributed by atoms with E-state index < -0.39 is 89.9 Å². The molecule has 0 saturated carbocycles. The van der Waals surface area contributed by atoms with Gasteiger partial charge in [-0.3, -0.25) is 49.8 Å². The van der Waals surface area contributed by atoms with E-state index in [9.17, 15) is 60.9 Å². The van der Waals surface area contributed by atoms with Gasteiger partial charge in [0.25, 0.3) is 31.6 Å². The molecular formula is C18H12N6O13S2. The number of nitrogens with one attached hydrogen (secondary N) is 2. The summed E-state index contributed by atoms with van der Waals surface area (Å²) in [5.74, 6) is -1.19. The second-order valence-corrected chi connectivity index (χ2v) is 9.97. The van der Waals surface area contributed by atoms with Gasteiger partial charge in [-0.05, 0) is 18.2 Å². The van der Waals surface area contributed by atoms with Crippen LogP contribution >= 0.6 is 0 Å². The van der Waals surface area contributed by atoms with Crippen molar-refractivity contribution < 1.29 is 40.9 Å². The molecule has 0 aliphatic heterocycles. The van der Waals surface area contributed by atoms with E-state index in [2.05, 4.69) is 10.2 Å². The number of phenols is 1. The zero-order valence-corrected chi connectivity index (χ0v) is 20.2. The fourth-order valence-electron chi connectivity index (χ4n) is 2.88. The summed E-state index contributed by atoms with van der Waals surface area (Å²) >= 11 is 0. The Morgan fingerprint density at radius 2 is 1.31 bits per heavy atom. The first kappa shape index (κ1) is 28.5. The van der Waals surface area contributed by atoms with Gasteiger partial charge < -0.3 is 5.11 Å². The molecule has 0 spiro atoms. The molecule has 3 aromatic carbocycles. The SMILES string of the molecule is O=c1ccc(=NNc2cc([N+](=O)[O-])cc(S(=O)(=O)O)c2O)c(=O)c1=NNc1ccc([N+](=O)[O-])cc1S(=O)(=O)O. The summed E-state index contributed by atoms with van der Waals surface area (Å²) in [7, 11) is -10.2. The van der Waals surface area contributed by atoms with Gasteiger partial charge >= 0.3 is 0 Å². The van der Waals surface area contributed by atoms with E-state index in [0.29, 0.717) is 18.2 Å². The molecule has 0 fully saturated rings. The molecule has 204 valence electrons. The van der Waals surface area contributed by atoms with Gasteiger partial charge in [0.05, 0.1) is 15.5 Å². The first-order valence-electron chi connectivity index (χ1n) is 9.70. The zero-order chi connectivity index (χ0) is 29.3. The number of benzene rings is 3. The molecular weight excluding hydrogens is 572 g/mol. The lowest BCUT2D eigenvalue weighted by molar-refractivity contribution is -0.385. The predicted molar refractivity (Wildman–Crippen MR) is 127 cm³/mol. The molecule has 0 aromatic heterocycles. The topological polar surface area (TPSA) is 298 Å². The molecule has 39 heavy (non-hydrogen) atoms. The maximum Gasteiger partial charge on any atom is 0.298 e. The standard InChI is InChI=1S/C18H12N6O13S2/c25-13-4-3-11(20-21-12-5-9(24(30)31)7-15(17(12)26)39(35,36)37)18(27)16(13)22-19-10-2-1-8(23(28)29)6-14(10)38(32,33)34/h1-7,19,21,26H,(H,32,33,34)(H,35,36,37). The van der Waals surface area contributed by atoms with Crippen molar-refractivity contribution in [3.05, 3.63) is 93.9 Å². The molecule has 0 aliphatic carbocycles. The fourth-order valence-corrected chi connectivity index (χ4v) is 4.17. The molecule has 0 bridgehead atoms. The van der Waals surface area contributed by atoms with Gasteiger partial charge in [0.15, 0.2) is 11.1 Å². The monoisotopic (exact) mass is 584 g/mol. The minimum absolute atomic E-state index is 0.364. The van der Waals surface area contributed by atoms with Crippen molar-refractivity contribution in [3.63, 3.8) is 0 Å². The Morgan fingerprint density at radius 3 is 1.87 bits per heavy atom. The Labute approximate surface area is 214 Å². The highest BCUT2D eigenvalue weighted by molar-refractivity contribution is 7.86. The summed E-state index contributed by atoms with van der Waals surface area (Å²) in [5.41, 5.74) is -1.11. The van der Waals surface area contributed by atoms with E-state index in [-0.39, 0.29) is 0 Å². The maximum absolute atomic E-state index is 12.7. The molecule has 21 heteroatoms. The van der Waals surface area contributed by atoms with Crippen molar-refractivity contribution in [2.45, 2.75) is 9.79 Å². The van der Waals surface area contributed by atoms with Crippen LogP contribution in [0.25, 0.3) is 0 Å². The molecule has 0 saturated heterocycles. The summed E-state index contributed by atoms with van der Waals surface area (Å²) in [6.07, 6.45) is 0. The molecule has 3 rings (SSSR count). The van der Waals surface area contributed by atoms with Gasteiger partial charge in [0.2, 0.25) is 10.9 Å². The predicted octanol–water partition coefficient (Wildman–Crippen LogP) is -0.846.